The number of benzene rings is 1. The molecule has 0 fully saturated rings. The number of hydrogen-bond donors (Lipinski definition) is 2. The molecule has 0 heterocycles. The molecule has 0 saturated heterocycles. The summed E-state index contributed by atoms with van der Waals surface area (Å²) in [5.41, 5.74) is 3.70. The molecular formula is C12H16FN3O4. The van der Waals surface area contributed by atoms with Crippen molar-refractivity contribution in [3.8, 4) is 5.75 Å². The minimum absolute atomic E-state index is 0.109. The van der Waals surface area contributed by atoms with Crippen molar-refractivity contribution in [1.29, 1.82) is 0 Å². The SMILES string of the molecule is CNC(C)(CCOc1ccc([N+](=O)[O-])c(F)c1)C(N)=O. The van der Waals surface area contributed by atoms with Gasteiger partial charge in [-0.05, 0) is 20.0 Å². The summed E-state index contributed by atoms with van der Waals surface area (Å²) in [7, 11) is 1.59. The van der Waals surface area contributed by atoms with E-state index in [2.05, 4.69) is 5.32 Å². The van der Waals surface area contributed by atoms with Gasteiger partial charge in [0.1, 0.15) is 5.75 Å². The minimum Gasteiger partial charge on any atom is -0.493 e. The highest BCUT2D eigenvalue weighted by Crippen LogP contribution is 2.22. The zero-order valence-corrected chi connectivity index (χ0v) is 11.2. The lowest BCUT2D eigenvalue weighted by atomic mass is 9.98. The Hall–Kier alpha value is -2.22. The van der Waals surface area contributed by atoms with Crippen LogP contribution in [0.25, 0.3) is 0 Å². The summed E-state index contributed by atoms with van der Waals surface area (Å²) in [6, 6.07) is 3.25. The molecule has 0 bridgehead atoms. The first-order valence-electron chi connectivity index (χ1n) is 5.85. The van der Waals surface area contributed by atoms with Crippen LogP contribution in [-0.4, -0.2) is 30.0 Å². The molecule has 110 valence electrons. The number of nitrogens with two attached hydrogens (primary N) is 1. The van der Waals surface area contributed by atoms with E-state index in [1.54, 1.807) is 14.0 Å². The van der Waals surface area contributed by atoms with E-state index in [0.717, 1.165) is 12.1 Å². The third kappa shape index (κ3) is 3.64. The van der Waals surface area contributed by atoms with Crippen LogP contribution in [0.15, 0.2) is 18.2 Å². The Morgan fingerprint density at radius 1 is 1.60 bits per heavy atom. The molecule has 20 heavy (non-hydrogen) atoms. The van der Waals surface area contributed by atoms with Crippen molar-refractivity contribution in [3.05, 3.63) is 34.1 Å². The van der Waals surface area contributed by atoms with Gasteiger partial charge in [0, 0.05) is 18.6 Å². The van der Waals surface area contributed by atoms with Crippen molar-refractivity contribution < 1.29 is 18.8 Å². The molecule has 1 rings (SSSR count). The van der Waals surface area contributed by atoms with Gasteiger partial charge in [0.25, 0.3) is 0 Å². The van der Waals surface area contributed by atoms with Gasteiger partial charge in [-0.15, -0.1) is 0 Å². The normalized spacial score (nSPS) is 13.6. The zero-order chi connectivity index (χ0) is 15.3. The second-order valence-corrected chi connectivity index (χ2v) is 4.42. The highest BCUT2D eigenvalue weighted by atomic mass is 19.1. The molecular weight excluding hydrogens is 269 g/mol. The van der Waals surface area contributed by atoms with Gasteiger partial charge in [0.2, 0.25) is 11.7 Å². The van der Waals surface area contributed by atoms with E-state index in [1.165, 1.54) is 6.07 Å². The number of nitro benzene ring substituents is 1. The maximum absolute atomic E-state index is 13.3. The third-order valence-corrected chi connectivity index (χ3v) is 3.08. The van der Waals surface area contributed by atoms with Crippen LogP contribution in [0.4, 0.5) is 10.1 Å². The van der Waals surface area contributed by atoms with Gasteiger partial charge in [0.15, 0.2) is 0 Å². The Morgan fingerprint density at radius 2 is 2.25 bits per heavy atom. The summed E-state index contributed by atoms with van der Waals surface area (Å²) < 4.78 is 18.6. The van der Waals surface area contributed by atoms with Gasteiger partial charge in [0.05, 0.1) is 17.1 Å². The maximum atomic E-state index is 13.3. The second-order valence-electron chi connectivity index (χ2n) is 4.42. The van der Waals surface area contributed by atoms with Crippen LogP contribution in [0.5, 0.6) is 5.75 Å². The van der Waals surface area contributed by atoms with Crippen LogP contribution < -0.4 is 15.8 Å². The van der Waals surface area contributed by atoms with Crippen molar-refractivity contribution in [1.82, 2.24) is 5.32 Å². The molecule has 0 aromatic heterocycles. The molecule has 1 amide bonds. The number of nitrogens with zero attached hydrogens (tertiary/aromatic N) is 1. The lowest BCUT2D eigenvalue weighted by Gasteiger charge is -2.25. The topological polar surface area (TPSA) is 107 Å². The van der Waals surface area contributed by atoms with Gasteiger partial charge in [-0.2, -0.15) is 4.39 Å². The summed E-state index contributed by atoms with van der Waals surface area (Å²) in [4.78, 5) is 20.9. The Labute approximate surface area is 115 Å². The number of hydrogen-bond acceptors (Lipinski definition) is 5. The van der Waals surface area contributed by atoms with Gasteiger partial charge >= 0.3 is 5.69 Å². The number of halogens is 1. The zero-order valence-electron chi connectivity index (χ0n) is 11.2. The number of carbonyl (C=O) groups is 1. The van der Waals surface area contributed by atoms with E-state index in [1.807, 2.05) is 0 Å². The standard InChI is InChI=1S/C12H16FN3O4/c1-12(15-2,11(14)17)5-6-20-8-3-4-10(16(18)19)9(13)7-8/h3-4,7,15H,5-6H2,1-2H3,(H2,14,17). The molecule has 0 aliphatic heterocycles. The largest absolute Gasteiger partial charge is 0.493 e. The average molecular weight is 285 g/mol. The van der Waals surface area contributed by atoms with Gasteiger partial charge in [-0.1, -0.05) is 0 Å². The fourth-order valence-corrected chi connectivity index (χ4v) is 1.47. The summed E-state index contributed by atoms with van der Waals surface area (Å²) in [5.74, 6) is -1.35. The average Bonchev–Trinajstić information content (AvgIpc) is 2.37. The van der Waals surface area contributed by atoms with Crippen molar-refractivity contribution in [2.24, 2.45) is 5.73 Å². The fraction of sp³-hybridized carbons (Fsp3) is 0.417. The Bertz CT molecular complexity index is 523. The first-order valence-corrected chi connectivity index (χ1v) is 5.85. The number of rotatable bonds is 7. The quantitative estimate of drug-likeness (QED) is 0.573. The van der Waals surface area contributed by atoms with Crippen molar-refractivity contribution in [3.63, 3.8) is 0 Å². The molecule has 7 nitrogen and oxygen atoms in total. The first-order chi connectivity index (χ1) is 9.30. The van der Waals surface area contributed by atoms with Crippen LogP contribution in [0.1, 0.15) is 13.3 Å². The fourth-order valence-electron chi connectivity index (χ4n) is 1.47. The lowest BCUT2D eigenvalue weighted by molar-refractivity contribution is -0.387. The highest BCUT2D eigenvalue weighted by molar-refractivity contribution is 5.84. The smallest absolute Gasteiger partial charge is 0.305 e. The van der Waals surface area contributed by atoms with E-state index in [4.69, 9.17) is 10.5 Å². The Morgan fingerprint density at radius 3 is 2.70 bits per heavy atom. The number of likely N-dealkylation sites (N-methyl/N-ethyl adjacent to an activating group) is 1. The molecule has 0 aliphatic rings. The highest BCUT2D eigenvalue weighted by Gasteiger charge is 2.28. The Kier molecular flexibility index (Phi) is 4.98. The summed E-state index contributed by atoms with van der Waals surface area (Å²) in [6.07, 6.45) is 0.275. The molecule has 0 aliphatic carbocycles. The van der Waals surface area contributed by atoms with Crippen LogP contribution in [-0.2, 0) is 4.79 Å². The van der Waals surface area contributed by atoms with E-state index in [9.17, 15) is 19.3 Å². The number of ether oxygens (including phenoxy) is 1. The van der Waals surface area contributed by atoms with E-state index in [0.29, 0.717) is 0 Å². The predicted molar refractivity (Wildman–Crippen MR) is 69.8 cm³/mol. The van der Waals surface area contributed by atoms with E-state index in [-0.39, 0.29) is 18.8 Å². The van der Waals surface area contributed by atoms with E-state index >= 15 is 0 Å². The summed E-state index contributed by atoms with van der Waals surface area (Å²) in [6.45, 7) is 1.73. The predicted octanol–water partition coefficient (Wildman–Crippen LogP) is 0.966. The van der Waals surface area contributed by atoms with Crippen molar-refractivity contribution in [2.45, 2.75) is 18.9 Å². The summed E-state index contributed by atoms with van der Waals surface area (Å²) >= 11 is 0. The molecule has 1 aromatic rings. The van der Waals surface area contributed by atoms with Gasteiger partial charge in [-0.3, -0.25) is 14.9 Å². The van der Waals surface area contributed by atoms with Crippen LogP contribution in [0.2, 0.25) is 0 Å². The first kappa shape index (κ1) is 15.8. The second kappa shape index (κ2) is 6.29. The maximum Gasteiger partial charge on any atom is 0.305 e. The number of amides is 1. The van der Waals surface area contributed by atoms with Crippen LogP contribution >= 0.6 is 0 Å². The number of nitrogens with one attached hydrogen (secondary N) is 1. The van der Waals surface area contributed by atoms with Gasteiger partial charge < -0.3 is 15.8 Å². The van der Waals surface area contributed by atoms with Gasteiger partial charge in [-0.25, -0.2) is 0 Å². The molecule has 0 spiro atoms. The molecule has 1 aromatic carbocycles. The van der Waals surface area contributed by atoms with Crippen molar-refractivity contribution in [2.75, 3.05) is 13.7 Å². The number of nitro groups is 1. The lowest BCUT2D eigenvalue weighted by Crippen LogP contribution is -2.52. The third-order valence-electron chi connectivity index (χ3n) is 3.08. The number of carbonyl (C=O) groups excluding carboxylic acids is 1. The Balaban J connectivity index is 2.65. The monoisotopic (exact) mass is 285 g/mol. The molecule has 0 saturated carbocycles. The molecule has 1 unspecified atom stereocenters. The van der Waals surface area contributed by atoms with Crippen molar-refractivity contribution >= 4 is 11.6 Å². The molecule has 8 heteroatoms. The summed E-state index contributed by atoms with van der Waals surface area (Å²) in [5, 5.41) is 13.2. The molecule has 3 N–H and O–H groups in total. The van der Waals surface area contributed by atoms with Crippen LogP contribution in [0.3, 0.4) is 0 Å². The minimum atomic E-state index is -0.973. The molecule has 1 atom stereocenters. The number of primary amides is 1. The van der Waals surface area contributed by atoms with Crippen LogP contribution in [0, 0.1) is 15.9 Å². The molecule has 0 radical (unpaired) electrons. The van der Waals surface area contributed by atoms with E-state index < -0.39 is 27.9 Å².